The van der Waals surface area contributed by atoms with Crippen molar-refractivity contribution in [1.29, 1.82) is 0 Å². The Kier molecular flexibility index (Phi) is 6.20. The number of carbonyl (C=O) groups is 1. The molecule has 1 aliphatic carbocycles. The Bertz CT molecular complexity index is 1290. The molecule has 1 aliphatic heterocycles. The highest BCUT2D eigenvalue weighted by molar-refractivity contribution is 7.88. The monoisotopic (exact) mass is 494 g/mol. The molecular formula is C25H30N6O3S. The van der Waals surface area contributed by atoms with Crippen LogP contribution in [0.4, 0.5) is 5.82 Å². The first-order valence-corrected chi connectivity index (χ1v) is 13.7. The average molecular weight is 495 g/mol. The molecule has 5 rings (SSSR count). The number of hydrogen-bond acceptors (Lipinski definition) is 6. The molecule has 35 heavy (non-hydrogen) atoms. The fourth-order valence-electron chi connectivity index (χ4n) is 4.64. The van der Waals surface area contributed by atoms with E-state index in [1.165, 1.54) is 11.8 Å². The zero-order valence-corrected chi connectivity index (χ0v) is 20.8. The van der Waals surface area contributed by atoms with Gasteiger partial charge in [-0.25, -0.2) is 13.4 Å². The van der Waals surface area contributed by atoms with Gasteiger partial charge in [-0.3, -0.25) is 14.4 Å². The second-order valence-electron chi connectivity index (χ2n) is 9.37. The lowest BCUT2D eigenvalue weighted by Crippen LogP contribution is -2.48. The third-order valence-corrected chi connectivity index (χ3v) is 8.39. The maximum absolute atomic E-state index is 12.9. The Morgan fingerprint density at radius 1 is 1.03 bits per heavy atom. The third-order valence-electron chi connectivity index (χ3n) is 7.09. The molecule has 10 heteroatoms. The summed E-state index contributed by atoms with van der Waals surface area (Å²) in [7, 11) is -3.13. The first kappa shape index (κ1) is 23.7. The molecule has 0 bridgehead atoms. The van der Waals surface area contributed by atoms with E-state index in [1.54, 1.807) is 27.4 Å². The molecule has 1 N–H and O–H groups in total. The smallest absolute Gasteiger partial charge is 0.253 e. The predicted octanol–water partition coefficient (Wildman–Crippen LogP) is 2.71. The molecule has 1 saturated carbocycles. The van der Waals surface area contributed by atoms with Crippen molar-refractivity contribution in [2.24, 2.45) is 0 Å². The van der Waals surface area contributed by atoms with Gasteiger partial charge < -0.3 is 5.32 Å². The number of carbonyl (C=O) groups excluding carboxylic acids is 1. The predicted molar refractivity (Wildman–Crippen MR) is 134 cm³/mol. The van der Waals surface area contributed by atoms with E-state index >= 15 is 0 Å². The van der Waals surface area contributed by atoms with Crippen molar-refractivity contribution >= 4 is 21.7 Å². The summed E-state index contributed by atoms with van der Waals surface area (Å²) in [6.45, 7) is 4.63. The molecule has 184 valence electrons. The summed E-state index contributed by atoms with van der Waals surface area (Å²) in [5.74, 6) is 0.449. The van der Waals surface area contributed by atoms with Crippen LogP contribution < -0.4 is 5.32 Å². The summed E-state index contributed by atoms with van der Waals surface area (Å²) in [6.07, 6.45) is 8.16. The number of anilines is 1. The fraction of sp³-hybridized carbons (Fsp3) is 0.400. The molecule has 0 radical (unpaired) electrons. The molecule has 0 spiro atoms. The Balaban J connectivity index is 1.24. The zero-order valence-electron chi connectivity index (χ0n) is 20.0. The van der Waals surface area contributed by atoms with E-state index in [4.69, 9.17) is 0 Å². The lowest BCUT2D eigenvalue weighted by atomic mass is 10.0. The SMILES string of the molecule is CC(c1ccc(-c2cnn(C3(C(=O)Nc4ccccn4)CC3)c2)cc1)N1CCN(S(C)(=O)=O)CC1. The van der Waals surface area contributed by atoms with E-state index < -0.39 is 15.6 Å². The number of benzene rings is 1. The standard InChI is InChI=1S/C25H30N6O3S/c1-19(29-13-15-30(16-14-29)35(2,33)34)20-6-8-21(9-7-20)22-17-27-31(18-22)25(10-11-25)24(32)28-23-5-3-4-12-26-23/h3-9,12,17-19H,10-11,13-16H2,1-2H3,(H,26,28,32). The average Bonchev–Trinajstić information content (AvgIpc) is 3.53. The summed E-state index contributed by atoms with van der Waals surface area (Å²) in [5, 5.41) is 7.42. The van der Waals surface area contributed by atoms with E-state index in [2.05, 4.69) is 51.5 Å². The number of rotatable bonds is 7. The molecule has 1 unspecified atom stereocenters. The van der Waals surface area contributed by atoms with Crippen LogP contribution in [0.15, 0.2) is 61.1 Å². The summed E-state index contributed by atoms with van der Waals surface area (Å²) in [4.78, 5) is 19.4. The van der Waals surface area contributed by atoms with Crippen LogP contribution in [-0.4, -0.2) is 70.7 Å². The maximum Gasteiger partial charge on any atom is 0.253 e. The summed E-state index contributed by atoms with van der Waals surface area (Å²) < 4.78 is 26.9. The van der Waals surface area contributed by atoms with Gasteiger partial charge in [-0.2, -0.15) is 9.40 Å². The van der Waals surface area contributed by atoms with Gasteiger partial charge in [0.05, 0.1) is 12.5 Å². The number of nitrogens with one attached hydrogen (secondary N) is 1. The largest absolute Gasteiger partial charge is 0.309 e. The van der Waals surface area contributed by atoms with Gasteiger partial charge in [0.15, 0.2) is 0 Å². The Labute approximate surface area is 205 Å². The van der Waals surface area contributed by atoms with Crippen LogP contribution >= 0.6 is 0 Å². The summed E-state index contributed by atoms with van der Waals surface area (Å²) >= 11 is 0. The maximum atomic E-state index is 12.9. The minimum absolute atomic E-state index is 0.0917. The van der Waals surface area contributed by atoms with Crippen LogP contribution in [0, 0.1) is 0 Å². The molecule has 1 amide bonds. The lowest BCUT2D eigenvalue weighted by molar-refractivity contribution is -0.120. The minimum atomic E-state index is -3.13. The number of pyridine rings is 1. The first-order valence-electron chi connectivity index (χ1n) is 11.8. The molecular weight excluding hydrogens is 464 g/mol. The molecule has 1 aromatic carbocycles. The number of hydrogen-bond donors (Lipinski definition) is 1. The highest BCUT2D eigenvalue weighted by Crippen LogP contribution is 2.44. The van der Waals surface area contributed by atoms with Crippen molar-refractivity contribution in [2.75, 3.05) is 37.8 Å². The quantitative estimate of drug-likeness (QED) is 0.542. The van der Waals surface area contributed by atoms with Crippen molar-refractivity contribution in [3.8, 4) is 11.1 Å². The molecule has 9 nitrogen and oxygen atoms in total. The van der Waals surface area contributed by atoms with Crippen LogP contribution in [-0.2, 0) is 20.4 Å². The van der Waals surface area contributed by atoms with Crippen LogP contribution in [0.2, 0.25) is 0 Å². The van der Waals surface area contributed by atoms with Gasteiger partial charge in [-0.05, 0) is 43.0 Å². The van der Waals surface area contributed by atoms with E-state index in [0.717, 1.165) is 24.0 Å². The van der Waals surface area contributed by atoms with E-state index in [1.807, 2.05) is 18.3 Å². The van der Waals surface area contributed by atoms with Crippen molar-refractivity contribution < 1.29 is 13.2 Å². The normalized spacial score (nSPS) is 19.3. The highest BCUT2D eigenvalue weighted by atomic mass is 32.2. The lowest BCUT2D eigenvalue weighted by Gasteiger charge is -2.37. The van der Waals surface area contributed by atoms with Crippen molar-refractivity contribution in [3.05, 3.63) is 66.6 Å². The number of sulfonamides is 1. The molecule has 1 atom stereocenters. The second-order valence-corrected chi connectivity index (χ2v) is 11.4. The van der Waals surface area contributed by atoms with Crippen LogP contribution in [0.3, 0.4) is 0 Å². The number of amides is 1. The number of nitrogens with zero attached hydrogens (tertiary/aromatic N) is 5. The number of piperazine rings is 1. The Morgan fingerprint density at radius 2 is 1.74 bits per heavy atom. The van der Waals surface area contributed by atoms with Crippen molar-refractivity contribution in [1.82, 2.24) is 24.0 Å². The van der Waals surface area contributed by atoms with Gasteiger partial charge in [0.2, 0.25) is 10.0 Å². The second kappa shape index (κ2) is 9.18. The molecule has 3 aromatic rings. The molecule has 3 heterocycles. The van der Waals surface area contributed by atoms with Gasteiger partial charge in [0, 0.05) is 50.2 Å². The van der Waals surface area contributed by atoms with Crippen LogP contribution in [0.1, 0.15) is 31.4 Å². The third kappa shape index (κ3) is 4.86. The van der Waals surface area contributed by atoms with Gasteiger partial charge >= 0.3 is 0 Å². The Morgan fingerprint density at radius 3 is 2.34 bits per heavy atom. The topological polar surface area (TPSA) is 100 Å². The molecule has 2 aromatic heterocycles. The van der Waals surface area contributed by atoms with Gasteiger partial charge in [0.25, 0.3) is 5.91 Å². The van der Waals surface area contributed by atoms with Gasteiger partial charge in [-0.15, -0.1) is 0 Å². The van der Waals surface area contributed by atoms with E-state index in [0.29, 0.717) is 32.0 Å². The molecule has 1 saturated heterocycles. The number of aromatic nitrogens is 3. The highest BCUT2D eigenvalue weighted by Gasteiger charge is 2.52. The van der Waals surface area contributed by atoms with E-state index in [9.17, 15) is 13.2 Å². The zero-order chi connectivity index (χ0) is 24.6. The van der Waals surface area contributed by atoms with Gasteiger partial charge in [-0.1, -0.05) is 30.3 Å². The summed E-state index contributed by atoms with van der Waals surface area (Å²) in [5.41, 5.74) is 2.53. The van der Waals surface area contributed by atoms with Crippen LogP contribution in [0.5, 0.6) is 0 Å². The van der Waals surface area contributed by atoms with Crippen LogP contribution in [0.25, 0.3) is 11.1 Å². The molecule has 2 aliphatic rings. The van der Waals surface area contributed by atoms with E-state index in [-0.39, 0.29) is 11.9 Å². The fourth-order valence-corrected chi connectivity index (χ4v) is 5.47. The summed E-state index contributed by atoms with van der Waals surface area (Å²) in [6, 6.07) is 14.0. The Hall–Kier alpha value is -3.08. The van der Waals surface area contributed by atoms with Crippen molar-refractivity contribution in [3.63, 3.8) is 0 Å². The minimum Gasteiger partial charge on any atom is -0.309 e. The first-order chi connectivity index (χ1) is 16.8. The van der Waals surface area contributed by atoms with Crippen molar-refractivity contribution in [2.45, 2.75) is 31.3 Å². The van der Waals surface area contributed by atoms with Gasteiger partial charge in [0.1, 0.15) is 11.4 Å². The molecule has 2 fully saturated rings.